The molecule has 17 heavy (non-hydrogen) atoms. The van der Waals surface area contributed by atoms with E-state index in [0.717, 1.165) is 24.3 Å². The number of carbonyl (C=O) groups is 1. The summed E-state index contributed by atoms with van der Waals surface area (Å²) in [6.45, 7) is 2.68. The normalized spacial score (nSPS) is 23.6. The van der Waals surface area contributed by atoms with Crippen molar-refractivity contribution in [2.24, 2.45) is 5.92 Å². The number of para-hydroxylation sites is 2. The smallest absolute Gasteiger partial charge is 0.230 e. The molecule has 1 amide bonds. The third-order valence-electron chi connectivity index (χ3n) is 3.64. The number of anilines is 1. The zero-order valence-electron chi connectivity index (χ0n) is 10.1. The van der Waals surface area contributed by atoms with Crippen molar-refractivity contribution in [1.82, 2.24) is 0 Å². The second-order valence-corrected chi connectivity index (χ2v) is 4.97. The van der Waals surface area contributed by atoms with Crippen molar-refractivity contribution in [2.45, 2.75) is 32.3 Å². The van der Waals surface area contributed by atoms with Crippen LogP contribution >= 0.6 is 0 Å². The molecule has 0 aromatic heterocycles. The summed E-state index contributed by atoms with van der Waals surface area (Å²) in [5, 5.41) is 0. The van der Waals surface area contributed by atoms with Crippen LogP contribution in [0.3, 0.4) is 0 Å². The Morgan fingerprint density at radius 2 is 2.12 bits per heavy atom. The van der Waals surface area contributed by atoms with Crippen molar-refractivity contribution in [3.63, 3.8) is 0 Å². The molecular weight excluding hydrogens is 214 g/mol. The minimum absolute atomic E-state index is 0.0777. The average molecular weight is 231 g/mol. The first-order valence-electron chi connectivity index (χ1n) is 6.33. The number of fused-ring (bicyclic) bond motifs is 1. The molecule has 0 radical (unpaired) electrons. The van der Waals surface area contributed by atoms with E-state index in [4.69, 9.17) is 4.74 Å². The largest absolute Gasteiger partial charge is 0.487 e. The SMILES string of the molecule is CC1CN(C(=O)C2CCC2)c2ccccc2O1. The summed E-state index contributed by atoms with van der Waals surface area (Å²) in [6.07, 6.45) is 3.37. The zero-order chi connectivity index (χ0) is 11.8. The minimum Gasteiger partial charge on any atom is -0.487 e. The highest BCUT2D eigenvalue weighted by Gasteiger charge is 2.34. The quantitative estimate of drug-likeness (QED) is 0.743. The summed E-state index contributed by atoms with van der Waals surface area (Å²) >= 11 is 0. The third kappa shape index (κ3) is 1.79. The molecule has 1 aromatic carbocycles. The van der Waals surface area contributed by atoms with Crippen LogP contribution in [-0.4, -0.2) is 18.6 Å². The van der Waals surface area contributed by atoms with Crippen molar-refractivity contribution in [1.29, 1.82) is 0 Å². The molecule has 1 aliphatic carbocycles. The Morgan fingerprint density at radius 3 is 2.82 bits per heavy atom. The number of carbonyl (C=O) groups excluding carboxylic acids is 1. The summed E-state index contributed by atoms with van der Waals surface area (Å²) < 4.78 is 5.75. The Kier molecular flexibility index (Phi) is 2.54. The van der Waals surface area contributed by atoms with E-state index in [1.54, 1.807) is 0 Å². The van der Waals surface area contributed by atoms with Gasteiger partial charge in [-0.2, -0.15) is 0 Å². The van der Waals surface area contributed by atoms with Gasteiger partial charge in [-0.25, -0.2) is 0 Å². The molecule has 3 nitrogen and oxygen atoms in total. The Balaban J connectivity index is 1.91. The number of hydrogen-bond acceptors (Lipinski definition) is 2. The summed E-state index contributed by atoms with van der Waals surface area (Å²) in [5.74, 6) is 1.35. The van der Waals surface area contributed by atoms with Crippen LogP contribution in [0.15, 0.2) is 24.3 Å². The number of benzene rings is 1. The highest BCUT2D eigenvalue weighted by molar-refractivity contribution is 5.97. The minimum atomic E-state index is 0.0777. The predicted molar refractivity (Wildman–Crippen MR) is 66.2 cm³/mol. The van der Waals surface area contributed by atoms with Crippen LogP contribution in [0, 0.1) is 5.92 Å². The van der Waals surface area contributed by atoms with E-state index < -0.39 is 0 Å². The third-order valence-corrected chi connectivity index (χ3v) is 3.64. The molecule has 0 bridgehead atoms. The van der Waals surface area contributed by atoms with Crippen LogP contribution in [0.1, 0.15) is 26.2 Å². The van der Waals surface area contributed by atoms with E-state index >= 15 is 0 Å². The summed E-state index contributed by atoms with van der Waals surface area (Å²) in [6, 6.07) is 7.81. The van der Waals surface area contributed by atoms with E-state index in [-0.39, 0.29) is 17.9 Å². The molecule has 1 aromatic rings. The summed E-state index contributed by atoms with van der Waals surface area (Å²) in [7, 11) is 0. The fraction of sp³-hybridized carbons (Fsp3) is 0.500. The Labute approximate surface area is 101 Å². The molecule has 1 saturated carbocycles. The Morgan fingerprint density at radius 1 is 1.35 bits per heavy atom. The van der Waals surface area contributed by atoms with Gasteiger partial charge in [-0.15, -0.1) is 0 Å². The van der Waals surface area contributed by atoms with Gasteiger partial charge < -0.3 is 9.64 Å². The van der Waals surface area contributed by atoms with Crippen molar-refractivity contribution < 1.29 is 9.53 Å². The van der Waals surface area contributed by atoms with Gasteiger partial charge in [-0.3, -0.25) is 4.79 Å². The van der Waals surface area contributed by atoms with E-state index in [0.29, 0.717) is 6.54 Å². The Hall–Kier alpha value is -1.51. The zero-order valence-corrected chi connectivity index (χ0v) is 10.1. The first-order chi connectivity index (χ1) is 8.25. The molecule has 2 aliphatic rings. The fourth-order valence-corrected chi connectivity index (χ4v) is 2.47. The molecule has 1 atom stereocenters. The van der Waals surface area contributed by atoms with Gasteiger partial charge >= 0.3 is 0 Å². The molecule has 1 unspecified atom stereocenters. The molecule has 0 spiro atoms. The average Bonchev–Trinajstić information content (AvgIpc) is 2.25. The van der Waals surface area contributed by atoms with Crippen LogP contribution in [0.5, 0.6) is 5.75 Å². The topological polar surface area (TPSA) is 29.5 Å². The van der Waals surface area contributed by atoms with Crippen molar-refractivity contribution >= 4 is 11.6 Å². The molecule has 1 heterocycles. The highest BCUT2D eigenvalue weighted by Crippen LogP contribution is 2.36. The Bertz CT molecular complexity index is 440. The van der Waals surface area contributed by atoms with E-state index in [2.05, 4.69) is 0 Å². The first-order valence-corrected chi connectivity index (χ1v) is 6.33. The molecule has 3 heteroatoms. The van der Waals surface area contributed by atoms with E-state index in [1.807, 2.05) is 36.1 Å². The number of nitrogens with zero attached hydrogens (tertiary/aromatic N) is 1. The monoisotopic (exact) mass is 231 g/mol. The fourth-order valence-electron chi connectivity index (χ4n) is 2.47. The molecule has 1 fully saturated rings. The lowest BCUT2D eigenvalue weighted by atomic mass is 9.84. The highest BCUT2D eigenvalue weighted by atomic mass is 16.5. The van der Waals surface area contributed by atoms with Crippen molar-refractivity contribution in [3.05, 3.63) is 24.3 Å². The van der Waals surface area contributed by atoms with Crippen LogP contribution in [0.25, 0.3) is 0 Å². The lowest BCUT2D eigenvalue weighted by Gasteiger charge is -2.37. The van der Waals surface area contributed by atoms with Crippen LogP contribution in [0.2, 0.25) is 0 Å². The lowest BCUT2D eigenvalue weighted by Crippen LogP contribution is -2.46. The lowest BCUT2D eigenvalue weighted by molar-refractivity contribution is -0.125. The van der Waals surface area contributed by atoms with Crippen LogP contribution < -0.4 is 9.64 Å². The van der Waals surface area contributed by atoms with Gasteiger partial charge in [0.05, 0.1) is 12.2 Å². The standard InChI is InChI=1S/C14H17NO2/c1-10-9-15(14(16)11-5-4-6-11)12-7-2-3-8-13(12)17-10/h2-3,7-8,10-11H,4-6,9H2,1H3. The van der Waals surface area contributed by atoms with Crippen LogP contribution in [-0.2, 0) is 4.79 Å². The van der Waals surface area contributed by atoms with Crippen LogP contribution in [0.4, 0.5) is 5.69 Å². The number of hydrogen-bond donors (Lipinski definition) is 0. The van der Waals surface area contributed by atoms with Gasteiger partial charge in [0.25, 0.3) is 0 Å². The maximum atomic E-state index is 12.4. The van der Waals surface area contributed by atoms with Gasteiger partial charge in [0.2, 0.25) is 5.91 Å². The maximum absolute atomic E-state index is 12.4. The number of ether oxygens (including phenoxy) is 1. The maximum Gasteiger partial charge on any atom is 0.230 e. The molecule has 90 valence electrons. The van der Waals surface area contributed by atoms with E-state index in [1.165, 1.54) is 6.42 Å². The van der Waals surface area contributed by atoms with Gasteiger partial charge in [0, 0.05) is 5.92 Å². The molecule has 3 rings (SSSR count). The van der Waals surface area contributed by atoms with Gasteiger partial charge in [-0.1, -0.05) is 18.6 Å². The number of rotatable bonds is 1. The van der Waals surface area contributed by atoms with Gasteiger partial charge in [0.1, 0.15) is 11.9 Å². The summed E-state index contributed by atoms with van der Waals surface area (Å²) in [4.78, 5) is 14.3. The molecule has 0 N–H and O–H groups in total. The second kappa shape index (κ2) is 4.06. The molecule has 0 saturated heterocycles. The number of amides is 1. The van der Waals surface area contributed by atoms with Gasteiger partial charge in [0.15, 0.2) is 0 Å². The molecular formula is C14H17NO2. The van der Waals surface area contributed by atoms with Gasteiger partial charge in [-0.05, 0) is 31.9 Å². The predicted octanol–water partition coefficient (Wildman–Crippen LogP) is 2.60. The second-order valence-electron chi connectivity index (χ2n) is 4.97. The summed E-state index contributed by atoms with van der Waals surface area (Å²) in [5.41, 5.74) is 0.933. The van der Waals surface area contributed by atoms with Crippen molar-refractivity contribution in [2.75, 3.05) is 11.4 Å². The first kappa shape index (κ1) is 10.6. The molecule has 1 aliphatic heterocycles. The van der Waals surface area contributed by atoms with E-state index in [9.17, 15) is 4.79 Å². The van der Waals surface area contributed by atoms with Crippen molar-refractivity contribution in [3.8, 4) is 5.75 Å².